The van der Waals surface area contributed by atoms with Crippen LogP contribution in [0.3, 0.4) is 0 Å². The number of amides is 1. The smallest absolute Gasteiger partial charge is 0.264 e. The van der Waals surface area contributed by atoms with Crippen LogP contribution < -0.4 is 10.0 Å². The van der Waals surface area contributed by atoms with Gasteiger partial charge in [0.15, 0.2) is 0 Å². The molecule has 122 valence electrons. The Bertz CT molecular complexity index is 807. The Labute approximate surface area is 134 Å². The van der Waals surface area contributed by atoms with E-state index in [0.29, 0.717) is 11.3 Å². The first-order valence-corrected chi connectivity index (χ1v) is 8.38. The third-order valence-corrected chi connectivity index (χ3v) is 5.16. The van der Waals surface area contributed by atoms with Crippen molar-refractivity contribution in [3.05, 3.63) is 59.9 Å². The SMILES string of the molecule is Cc1ccc(S(=O)(=O)N(CCC(N)=O)c2ccccc2)cc1F. The summed E-state index contributed by atoms with van der Waals surface area (Å²) >= 11 is 0. The van der Waals surface area contributed by atoms with E-state index in [9.17, 15) is 17.6 Å². The first-order valence-electron chi connectivity index (χ1n) is 6.94. The van der Waals surface area contributed by atoms with Crippen LogP contribution in [0.5, 0.6) is 0 Å². The van der Waals surface area contributed by atoms with Gasteiger partial charge in [-0.2, -0.15) is 0 Å². The molecule has 23 heavy (non-hydrogen) atoms. The van der Waals surface area contributed by atoms with Gasteiger partial charge in [-0.25, -0.2) is 12.8 Å². The normalized spacial score (nSPS) is 11.2. The van der Waals surface area contributed by atoms with Crippen molar-refractivity contribution >= 4 is 21.6 Å². The molecule has 0 bridgehead atoms. The molecule has 0 saturated heterocycles. The molecule has 0 unspecified atom stereocenters. The van der Waals surface area contributed by atoms with E-state index in [1.54, 1.807) is 37.3 Å². The van der Waals surface area contributed by atoms with Gasteiger partial charge in [0, 0.05) is 13.0 Å². The second-order valence-corrected chi connectivity index (χ2v) is 6.90. The molecule has 1 amide bonds. The molecule has 5 nitrogen and oxygen atoms in total. The number of halogens is 1. The number of hydrogen-bond acceptors (Lipinski definition) is 3. The Balaban J connectivity index is 2.47. The molecule has 0 spiro atoms. The zero-order valence-corrected chi connectivity index (χ0v) is 13.4. The lowest BCUT2D eigenvalue weighted by molar-refractivity contribution is -0.117. The van der Waals surface area contributed by atoms with Gasteiger partial charge in [-0.15, -0.1) is 0 Å². The highest BCUT2D eigenvalue weighted by molar-refractivity contribution is 7.92. The first-order chi connectivity index (χ1) is 10.8. The molecule has 0 aliphatic rings. The van der Waals surface area contributed by atoms with Crippen molar-refractivity contribution in [1.82, 2.24) is 0 Å². The Morgan fingerprint density at radius 2 is 1.83 bits per heavy atom. The summed E-state index contributed by atoms with van der Waals surface area (Å²) in [6.45, 7) is 1.44. The molecule has 0 atom stereocenters. The van der Waals surface area contributed by atoms with Crippen molar-refractivity contribution in [2.75, 3.05) is 10.8 Å². The lowest BCUT2D eigenvalue weighted by Crippen LogP contribution is -2.34. The summed E-state index contributed by atoms with van der Waals surface area (Å²) in [5, 5.41) is 0. The number of carbonyl (C=O) groups excluding carboxylic acids is 1. The summed E-state index contributed by atoms with van der Waals surface area (Å²) in [5.41, 5.74) is 5.86. The molecule has 0 radical (unpaired) electrons. The van der Waals surface area contributed by atoms with Crippen LogP contribution in [0.15, 0.2) is 53.4 Å². The van der Waals surface area contributed by atoms with Gasteiger partial charge in [0.05, 0.1) is 10.6 Å². The maximum Gasteiger partial charge on any atom is 0.264 e. The average molecular weight is 336 g/mol. The minimum absolute atomic E-state index is 0.114. The van der Waals surface area contributed by atoms with Crippen LogP contribution in [-0.4, -0.2) is 20.9 Å². The molecule has 0 heterocycles. The van der Waals surface area contributed by atoms with Gasteiger partial charge < -0.3 is 5.73 Å². The second kappa shape index (κ2) is 6.78. The lowest BCUT2D eigenvalue weighted by atomic mass is 10.2. The fourth-order valence-electron chi connectivity index (χ4n) is 2.06. The average Bonchev–Trinajstić information content (AvgIpc) is 2.50. The van der Waals surface area contributed by atoms with Crippen LogP contribution in [0.25, 0.3) is 0 Å². The van der Waals surface area contributed by atoms with E-state index in [0.717, 1.165) is 10.4 Å². The van der Waals surface area contributed by atoms with Crippen molar-refractivity contribution in [2.45, 2.75) is 18.2 Å². The van der Waals surface area contributed by atoms with Crippen LogP contribution in [0.1, 0.15) is 12.0 Å². The van der Waals surface area contributed by atoms with E-state index < -0.39 is 21.7 Å². The number of anilines is 1. The van der Waals surface area contributed by atoms with Crippen LogP contribution in [-0.2, 0) is 14.8 Å². The first kappa shape index (κ1) is 17.0. The molecule has 2 N–H and O–H groups in total. The topological polar surface area (TPSA) is 80.5 Å². The van der Waals surface area contributed by atoms with Crippen LogP contribution >= 0.6 is 0 Å². The molecule has 7 heteroatoms. The summed E-state index contributed by atoms with van der Waals surface area (Å²) in [4.78, 5) is 10.9. The Hall–Kier alpha value is -2.41. The third-order valence-electron chi connectivity index (χ3n) is 3.34. The summed E-state index contributed by atoms with van der Waals surface area (Å²) in [5.74, 6) is -1.22. The molecule has 0 fully saturated rings. The summed E-state index contributed by atoms with van der Waals surface area (Å²) in [6, 6.07) is 12.0. The summed E-state index contributed by atoms with van der Waals surface area (Å²) < 4.78 is 40.4. The zero-order valence-electron chi connectivity index (χ0n) is 12.6. The minimum Gasteiger partial charge on any atom is -0.370 e. The van der Waals surface area contributed by atoms with Gasteiger partial charge >= 0.3 is 0 Å². The van der Waals surface area contributed by atoms with Crippen molar-refractivity contribution in [3.63, 3.8) is 0 Å². The van der Waals surface area contributed by atoms with Gasteiger partial charge in [0.25, 0.3) is 10.0 Å². The Kier molecular flexibility index (Phi) is 5.00. The van der Waals surface area contributed by atoms with Crippen molar-refractivity contribution in [2.24, 2.45) is 5.73 Å². The maximum atomic E-state index is 13.7. The van der Waals surface area contributed by atoms with E-state index in [1.165, 1.54) is 12.1 Å². The number of hydrogen-bond donors (Lipinski definition) is 1. The quantitative estimate of drug-likeness (QED) is 0.878. The molecule has 2 rings (SSSR count). The fourth-order valence-corrected chi connectivity index (χ4v) is 3.53. The van der Waals surface area contributed by atoms with Gasteiger partial charge in [-0.1, -0.05) is 24.3 Å². The Morgan fingerprint density at radius 1 is 1.17 bits per heavy atom. The lowest BCUT2D eigenvalue weighted by Gasteiger charge is -2.24. The molecular formula is C16H17FN2O3S. The number of rotatable bonds is 6. The highest BCUT2D eigenvalue weighted by Crippen LogP contribution is 2.24. The van der Waals surface area contributed by atoms with Crippen LogP contribution in [0.4, 0.5) is 10.1 Å². The van der Waals surface area contributed by atoms with Gasteiger partial charge in [0.2, 0.25) is 5.91 Å². The minimum atomic E-state index is -4.00. The number of para-hydroxylation sites is 1. The highest BCUT2D eigenvalue weighted by atomic mass is 32.2. The largest absolute Gasteiger partial charge is 0.370 e. The number of aryl methyl sites for hydroxylation is 1. The van der Waals surface area contributed by atoms with Gasteiger partial charge in [-0.05, 0) is 36.8 Å². The monoisotopic (exact) mass is 336 g/mol. The fraction of sp³-hybridized carbons (Fsp3) is 0.188. The van der Waals surface area contributed by atoms with E-state index in [-0.39, 0.29) is 17.9 Å². The summed E-state index contributed by atoms with van der Waals surface area (Å²) in [6.07, 6.45) is -0.136. The molecule has 2 aromatic carbocycles. The zero-order chi connectivity index (χ0) is 17.0. The van der Waals surface area contributed by atoms with E-state index in [2.05, 4.69) is 0 Å². The predicted molar refractivity (Wildman–Crippen MR) is 85.9 cm³/mol. The third kappa shape index (κ3) is 3.87. The number of carbonyl (C=O) groups is 1. The molecular weight excluding hydrogens is 319 g/mol. The predicted octanol–water partition coefficient (Wildman–Crippen LogP) is 2.20. The Morgan fingerprint density at radius 3 is 2.39 bits per heavy atom. The highest BCUT2D eigenvalue weighted by Gasteiger charge is 2.25. The number of benzene rings is 2. The van der Waals surface area contributed by atoms with Crippen molar-refractivity contribution < 1.29 is 17.6 Å². The van der Waals surface area contributed by atoms with Crippen molar-refractivity contribution in [3.8, 4) is 0 Å². The molecule has 2 aromatic rings. The molecule has 0 aliphatic carbocycles. The number of nitrogens with two attached hydrogens (primary N) is 1. The van der Waals surface area contributed by atoms with Crippen molar-refractivity contribution in [1.29, 1.82) is 0 Å². The van der Waals surface area contributed by atoms with E-state index in [1.807, 2.05) is 0 Å². The molecule has 0 aliphatic heterocycles. The van der Waals surface area contributed by atoms with Crippen LogP contribution in [0, 0.1) is 12.7 Å². The van der Waals surface area contributed by atoms with Crippen LogP contribution in [0.2, 0.25) is 0 Å². The number of primary amides is 1. The second-order valence-electron chi connectivity index (χ2n) is 5.04. The summed E-state index contributed by atoms with van der Waals surface area (Å²) in [7, 11) is -4.00. The maximum absolute atomic E-state index is 13.7. The van der Waals surface area contributed by atoms with E-state index >= 15 is 0 Å². The number of nitrogens with zero attached hydrogens (tertiary/aromatic N) is 1. The number of sulfonamides is 1. The molecule has 0 aromatic heterocycles. The molecule has 0 saturated carbocycles. The van der Waals surface area contributed by atoms with E-state index in [4.69, 9.17) is 5.73 Å². The van der Waals surface area contributed by atoms with Gasteiger partial charge in [-0.3, -0.25) is 9.10 Å². The standard InChI is InChI=1S/C16H17FN2O3S/c1-12-7-8-14(11-15(12)17)23(21,22)19(10-9-16(18)20)13-5-3-2-4-6-13/h2-8,11H,9-10H2,1H3,(H2,18,20). The van der Waals surface area contributed by atoms with Gasteiger partial charge in [0.1, 0.15) is 5.82 Å².